The van der Waals surface area contributed by atoms with E-state index >= 15 is 0 Å². The maximum absolute atomic E-state index is 12.0. The van der Waals surface area contributed by atoms with E-state index in [1.54, 1.807) is 19.1 Å². The van der Waals surface area contributed by atoms with Gasteiger partial charge in [-0.15, -0.1) is 0 Å². The second-order valence-electron chi connectivity index (χ2n) is 4.92. The Morgan fingerprint density at radius 1 is 1.44 bits per heavy atom. The van der Waals surface area contributed by atoms with E-state index in [1.165, 1.54) is 6.20 Å². The van der Waals surface area contributed by atoms with Crippen LogP contribution < -0.4 is 5.32 Å². The third-order valence-corrected chi connectivity index (χ3v) is 3.38. The maximum Gasteiger partial charge on any atom is 0.329 e. The predicted octanol–water partition coefficient (Wildman–Crippen LogP) is 1.37. The lowest BCUT2D eigenvalue weighted by Gasteiger charge is -2.26. The first-order chi connectivity index (χ1) is 8.43. The number of nitrogens with one attached hydrogen (secondary N) is 1. The maximum atomic E-state index is 12.0. The third kappa shape index (κ3) is 2.34. The van der Waals surface area contributed by atoms with Crippen molar-refractivity contribution in [1.82, 2.24) is 10.3 Å². The van der Waals surface area contributed by atoms with Gasteiger partial charge in [-0.2, -0.15) is 0 Å². The van der Waals surface area contributed by atoms with Crippen LogP contribution in [0.2, 0.25) is 0 Å². The predicted molar refractivity (Wildman–Crippen MR) is 65.2 cm³/mol. The van der Waals surface area contributed by atoms with E-state index in [0.717, 1.165) is 18.5 Å². The topological polar surface area (TPSA) is 79.3 Å². The molecule has 0 saturated heterocycles. The minimum atomic E-state index is -1.18. The van der Waals surface area contributed by atoms with Crippen LogP contribution in [0.3, 0.4) is 0 Å². The summed E-state index contributed by atoms with van der Waals surface area (Å²) in [6.45, 7) is 3.39. The van der Waals surface area contributed by atoms with Crippen LogP contribution in [0.25, 0.3) is 0 Å². The van der Waals surface area contributed by atoms with Crippen molar-refractivity contribution in [3.8, 4) is 0 Å². The highest BCUT2D eigenvalue weighted by Crippen LogP contribution is 2.39. The van der Waals surface area contributed by atoms with Gasteiger partial charge in [-0.05, 0) is 44.7 Å². The molecule has 0 aromatic carbocycles. The molecule has 1 aliphatic rings. The van der Waals surface area contributed by atoms with Crippen LogP contribution in [0.15, 0.2) is 18.3 Å². The molecule has 1 saturated carbocycles. The van der Waals surface area contributed by atoms with E-state index in [-0.39, 0.29) is 11.8 Å². The highest BCUT2D eigenvalue weighted by atomic mass is 16.4. The standard InChI is InChI=1S/C13H16N2O3/c1-8-3-4-9(7-14-8)11(16)15-13(2,12(17)18)10-5-6-10/h3-4,7,10H,5-6H2,1-2H3,(H,15,16)(H,17,18). The van der Waals surface area contributed by atoms with Crippen molar-refractivity contribution >= 4 is 11.9 Å². The molecule has 1 aromatic rings. The molecule has 0 radical (unpaired) electrons. The smallest absolute Gasteiger partial charge is 0.329 e. The van der Waals surface area contributed by atoms with Crippen LogP contribution in [0, 0.1) is 12.8 Å². The quantitative estimate of drug-likeness (QED) is 0.843. The molecule has 0 aliphatic heterocycles. The Bertz CT molecular complexity index is 480. The first kappa shape index (κ1) is 12.5. The van der Waals surface area contributed by atoms with E-state index in [9.17, 15) is 14.7 Å². The number of aliphatic carboxylic acids is 1. The average molecular weight is 248 g/mol. The minimum absolute atomic E-state index is 0.0253. The summed E-state index contributed by atoms with van der Waals surface area (Å²) in [6.07, 6.45) is 3.14. The van der Waals surface area contributed by atoms with Crippen LogP contribution in [0.5, 0.6) is 0 Å². The molecule has 1 atom stereocenters. The molecule has 1 unspecified atom stereocenters. The van der Waals surface area contributed by atoms with Gasteiger partial charge >= 0.3 is 5.97 Å². The van der Waals surface area contributed by atoms with E-state index in [4.69, 9.17) is 0 Å². The Balaban J connectivity index is 2.15. The Morgan fingerprint density at radius 2 is 2.11 bits per heavy atom. The number of hydrogen-bond donors (Lipinski definition) is 2. The van der Waals surface area contributed by atoms with Crippen molar-refractivity contribution in [1.29, 1.82) is 0 Å². The molecule has 1 fully saturated rings. The highest BCUT2D eigenvalue weighted by Gasteiger charge is 2.48. The first-order valence-electron chi connectivity index (χ1n) is 5.92. The largest absolute Gasteiger partial charge is 0.480 e. The number of carboxylic acids is 1. The summed E-state index contributed by atoms with van der Waals surface area (Å²) in [5.74, 6) is -1.35. The monoisotopic (exact) mass is 248 g/mol. The number of nitrogens with zero attached hydrogens (tertiary/aromatic N) is 1. The van der Waals surface area contributed by atoms with Crippen molar-refractivity contribution < 1.29 is 14.7 Å². The zero-order valence-electron chi connectivity index (χ0n) is 10.4. The van der Waals surface area contributed by atoms with Gasteiger partial charge in [0.2, 0.25) is 0 Å². The van der Waals surface area contributed by atoms with Gasteiger partial charge in [-0.3, -0.25) is 9.78 Å². The zero-order valence-corrected chi connectivity index (χ0v) is 10.4. The summed E-state index contributed by atoms with van der Waals surface area (Å²) in [5, 5.41) is 11.9. The summed E-state index contributed by atoms with van der Waals surface area (Å²) in [5.41, 5.74) is 0.0191. The number of carbonyl (C=O) groups excluding carboxylic acids is 1. The lowest BCUT2D eigenvalue weighted by atomic mass is 9.95. The summed E-state index contributed by atoms with van der Waals surface area (Å²) >= 11 is 0. The van der Waals surface area contributed by atoms with Crippen molar-refractivity contribution in [3.05, 3.63) is 29.6 Å². The van der Waals surface area contributed by atoms with Crippen LogP contribution in [-0.4, -0.2) is 27.5 Å². The number of pyridine rings is 1. The molecule has 18 heavy (non-hydrogen) atoms. The Labute approximate surface area is 105 Å². The second kappa shape index (κ2) is 4.40. The molecule has 0 spiro atoms. The van der Waals surface area contributed by atoms with Gasteiger partial charge in [0, 0.05) is 11.9 Å². The number of carbonyl (C=O) groups is 2. The Morgan fingerprint density at radius 3 is 2.56 bits per heavy atom. The van der Waals surface area contributed by atoms with Crippen LogP contribution in [0.1, 0.15) is 35.8 Å². The summed E-state index contributed by atoms with van der Waals surface area (Å²) in [4.78, 5) is 27.3. The molecular formula is C13H16N2O3. The lowest BCUT2D eigenvalue weighted by Crippen LogP contribution is -2.54. The molecule has 2 rings (SSSR count). The molecule has 5 nitrogen and oxygen atoms in total. The van der Waals surface area contributed by atoms with Gasteiger partial charge in [0.1, 0.15) is 5.54 Å². The van der Waals surface area contributed by atoms with E-state index in [1.807, 2.05) is 6.92 Å². The van der Waals surface area contributed by atoms with Crippen molar-refractivity contribution in [2.24, 2.45) is 5.92 Å². The Hall–Kier alpha value is -1.91. The second-order valence-corrected chi connectivity index (χ2v) is 4.92. The number of carboxylic acid groups (broad SMARTS) is 1. The molecule has 5 heteroatoms. The zero-order chi connectivity index (χ0) is 13.3. The average Bonchev–Trinajstić information content (AvgIpc) is 3.13. The summed E-state index contributed by atoms with van der Waals surface area (Å²) in [6, 6.07) is 3.37. The van der Waals surface area contributed by atoms with Gasteiger partial charge in [0.25, 0.3) is 5.91 Å². The van der Waals surface area contributed by atoms with Crippen molar-refractivity contribution in [2.45, 2.75) is 32.2 Å². The number of amides is 1. The molecule has 1 aliphatic carbocycles. The van der Waals surface area contributed by atoms with Crippen LogP contribution in [0.4, 0.5) is 0 Å². The molecule has 2 N–H and O–H groups in total. The number of aryl methyl sites for hydroxylation is 1. The number of rotatable bonds is 4. The minimum Gasteiger partial charge on any atom is -0.480 e. The van der Waals surface area contributed by atoms with Crippen molar-refractivity contribution in [3.63, 3.8) is 0 Å². The summed E-state index contributed by atoms with van der Waals surface area (Å²) in [7, 11) is 0. The molecule has 0 bridgehead atoms. The normalized spacial score (nSPS) is 17.9. The van der Waals surface area contributed by atoms with Crippen LogP contribution in [-0.2, 0) is 4.79 Å². The fourth-order valence-electron chi connectivity index (χ4n) is 1.90. The van der Waals surface area contributed by atoms with Crippen LogP contribution >= 0.6 is 0 Å². The van der Waals surface area contributed by atoms with Gasteiger partial charge in [0.15, 0.2) is 0 Å². The van der Waals surface area contributed by atoms with Crippen molar-refractivity contribution in [2.75, 3.05) is 0 Å². The SMILES string of the molecule is Cc1ccc(C(=O)NC(C)(C(=O)O)C2CC2)cn1. The van der Waals surface area contributed by atoms with Gasteiger partial charge < -0.3 is 10.4 Å². The van der Waals surface area contributed by atoms with Gasteiger partial charge in [-0.25, -0.2) is 4.79 Å². The number of hydrogen-bond acceptors (Lipinski definition) is 3. The lowest BCUT2D eigenvalue weighted by molar-refractivity contribution is -0.144. The fraction of sp³-hybridized carbons (Fsp3) is 0.462. The van der Waals surface area contributed by atoms with E-state index in [2.05, 4.69) is 10.3 Å². The van der Waals surface area contributed by atoms with Gasteiger partial charge in [-0.1, -0.05) is 0 Å². The van der Waals surface area contributed by atoms with Gasteiger partial charge in [0.05, 0.1) is 5.56 Å². The molecular weight excluding hydrogens is 232 g/mol. The Kier molecular flexibility index (Phi) is 3.07. The molecule has 96 valence electrons. The van der Waals surface area contributed by atoms with E-state index in [0.29, 0.717) is 5.56 Å². The molecule has 1 aromatic heterocycles. The third-order valence-electron chi connectivity index (χ3n) is 3.38. The first-order valence-corrected chi connectivity index (χ1v) is 5.92. The summed E-state index contributed by atoms with van der Waals surface area (Å²) < 4.78 is 0. The number of aromatic nitrogens is 1. The molecule has 1 heterocycles. The molecule has 1 amide bonds. The fourth-order valence-corrected chi connectivity index (χ4v) is 1.90. The van der Waals surface area contributed by atoms with E-state index < -0.39 is 11.5 Å². The highest BCUT2D eigenvalue weighted by molar-refractivity contribution is 5.97.